The molecule has 0 heterocycles. The molecule has 0 unspecified atom stereocenters. The second-order valence-corrected chi connectivity index (χ2v) is 2.83. The molecule has 0 aromatic rings. The maximum Gasteiger partial charge on any atom is 0.273 e. The first-order valence-electron chi connectivity index (χ1n) is 4.51. The van der Waals surface area contributed by atoms with Crippen molar-refractivity contribution in [1.82, 2.24) is 27.0 Å². The molecule has 0 bridgehead atoms. The highest BCUT2D eigenvalue weighted by molar-refractivity contribution is 5.77. The summed E-state index contributed by atoms with van der Waals surface area (Å²) in [5.74, 6) is -0.786. The molecule has 0 atom stereocenters. The van der Waals surface area contributed by atoms with E-state index >= 15 is 0 Å². The summed E-state index contributed by atoms with van der Waals surface area (Å²) in [5, 5.41) is 32.2. The molecule has 0 aromatic heterocycles. The molecule has 0 rings (SSSR count). The molecule has 14 nitrogen and oxygen atoms in total. The topological polar surface area (TPSA) is 212 Å². The van der Waals surface area contributed by atoms with E-state index in [9.17, 15) is 10.1 Å². The van der Waals surface area contributed by atoms with Crippen LogP contribution in [-0.2, 0) is 0 Å². The summed E-state index contributed by atoms with van der Waals surface area (Å²) in [6.45, 7) is 1.55. The van der Waals surface area contributed by atoms with E-state index in [4.69, 9.17) is 21.9 Å². The van der Waals surface area contributed by atoms with Gasteiger partial charge in [-0.2, -0.15) is 0 Å². The summed E-state index contributed by atoms with van der Waals surface area (Å²) in [6.07, 6.45) is 1.26. The number of nitro groups is 1. The molecular formula is C5H14N10O4. The van der Waals surface area contributed by atoms with Crippen molar-refractivity contribution in [2.75, 3.05) is 0 Å². The Bertz CT molecular complexity index is 389. The highest BCUT2D eigenvalue weighted by Crippen LogP contribution is 1.82. The average Bonchev–Trinajstić information content (AvgIpc) is 2.24. The minimum Gasteiger partial charge on any atom is -0.367 e. The predicted octanol–water partition coefficient (Wildman–Crippen LogP) is -3.15. The number of guanidine groups is 2. The van der Waals surface area contributed by atoms with Crippen LogP contribution in [0.3, 0.4) is 0 Å². The summed E-state index contributed by atoms with van der Waals surface area (Å²) in [7, 11) is 0. The number of rotatable bonds is 6. The third-order valence-electron chi connectivity index (χ3n) is 1.24. The number of nitrogens with zero attached hydrogens (tertiary/aromatic N) is 4. The molecule has 10 N–H and O–H groups in total. The minimum absolute atomic E-state index is 0.337. The fraction of sp³-hybridized carbons (Fsp3) is 0.200. The summed E-state index contributed by atoms with van der Waals surface area (Å²) >= 11 is 0. The molecule has 0 radical (unpaired) electrons. The number of nitrogens with two attached hydrogens (primary N) is 2. The number of hydrogen-bond donors (Lipinski definition) is 8. The lowest BCUT2D eigenvalue weighted by molar-refractivity contribution is -0.525. The molecule has 0 aromatic carbocycles. The fourth-order valence-corrected chi connectivity index (χ4v) is 0.625. The van der Waals surface area contributed by atoms with Crippen LogP contribution < -0.4 is 33.2 Å². The number of hydrazone groups is 2. The first-order valence-corrected chi connectivity index (χ1v) is 4.51. The van der Waals surface area contributed by atoms with E-state index in [1.54, 1.807) is 12.3 Å². The smallest absolute Gasteiger partial charge is 0.273 e. The maximum absolute atomic E-state index is 9.97. The summed E-state index contributed by atoms with van der Waals surface area (Å²) < 4.78 is 0. The van der Waals surface area contributed by atoms with E-state index in [0.717, 1.165) is 0 Å². The van der Waals surface area contributed by atoms with Crippen LogP contribution in [0.15, 0.2) is 22.1 Å². The van der Waals surface area contributed by atoms with E-state index < -0.39 is 11.0 Å². The quantitative estimate of drug-likeness (QED) is 0.105. The van der Waals surface area contributed by atoms with Crippen molar-refractivity contribution < 1.29 is 15.4 Å². The summed E-state index contributed by atoms with van der Waals surface area (Å²) in [6, 6.07) is 0. The van der Waals surface area contributed by atoms with Crippen LogP contribution in [0, 0.1) is 10.1 Å². The molecule has 0 saturated carbocycles. The van der Waals surface area contributed by atoms with Crippen LogP contribution in [0.25, 0.3) is 0 Å². The molecule has 0 saturated heterocycles. The second-order valence-electron chi connectivity index (χ2n) is 2.83. The van der Waals surface area contributed by atoms with Crippen molar-refractivity contribution in [3.8, 4) is 0 Å². The van der Waals surface area contributed by atoms with E-state index in [1.807, 2.05) is 5.43 Å². The Kier molecular flexibility index (Phi) is 7.04. The largest absolute Gasteiger partial charge is 0.367 e. The second kappa shape index (κ2) is 8.28. The van der Waals surface area contributed by atoms with Gasteiger partial charge in [-0.05, 0) is 6.92 Å². The third kappa shape index (κ3) is 10.1. The summed E-state index contributed by atoms with van der Waals surface area (Å²) in [4.78, 5) is 9.97. The minimum atomic E-state index is -0.873. The highest BCUT2D eigenvalue weighted by atomic mass is 16.8. The standard InChI is InChI=1S/C5H14N10O4/c1-3(9-11-5(7)13-15(18)19)2-8-10-4(6)12-14(16)17/h2,8-9,18-19H,1H3,(H3,6,10,12)(H3,7,11,13). The van der Waals surface area contributed by atoms with Gasteiger partial charge in [0.2, 0.25) is 5.96 Å². The first-order chi connectivity index (χ1) is 8.81. The van der Waals surface area contributed by atoms with Gasteiger partial charge in [-0.15, -0.1) is 10.2 Å². The lowest BCUT2D eigenvalue weighted by atomic mass is 10.6. The molecule has 0 fully saturated rings. The molecular weight excluding hydrogens is 264 g/mol. The number of nitrogens with one attached hydrogen (secondary N) is 4. The van der Waals surface area contributed by atoms with Crippen molar-refractivity contribution in [3.05, 3.63) is 22.0 Å². The lowest BCUT2D eigenvalue weighted by Gasteiger charge is -2.08. The van der Waals surface area contributed by atoms with E-state index in [0.29, 0.717) is 5.70 Å². The van der Waals surface area contributed by atoms with Gasteiger partial charge in [-0.1, -0.05) is 5.43 Å². The Hall–Kier alpha value is -2.84. The van der Waals surface area contributed by atoms with E-state index in [2.05, 4.69) is 21.1 Å². The zero-order valence-electron chi connectivity index (χ0n) is 9.73. The molecule has 0 aliphatic carbocycles. The van der Waals surface area contributed by atoms with Gasteiger partial charge in [-0.3, -0.25) is 21.3 Å². The van der Waals surface area contributed by atoms with Crippen LogP contribution in [0.5, 0.6) is 0 Å². The normalized spacial score (nSPS) is 13.2. The van der Waals surface area contributed by atoms with Crippen LogP contribution >= 0.6 is 0 Å². The van der Waals surface area contributed by atoms with Gasteiger partial charge in [0.05, 0.1) is 0 Å². The molecule has 0 aliphatic heterocycles. The molecule has 19 heavy (non-hydrogen) atoms. The molecule has 108 valence electrons. The van der Waals surface area contributed by atoms with Crippen LogP contribution in [0.1, 0.15) is 6.92 Å². The van der Waals surface area contributed by atoms with Crippen molar-refractivity contribution in [2.24, 2.45) is 21.7 Å². The van der Waals surface area contributed by atoms with Crippen molar-refractivity contribution in [1.29, 1.82) is 0 Å². The van der Waals surface area contributed by atoms with Gasteiger partial charge in [0.25, 0.3) is 5.96 Å². The molecule has 14 heteroatoms. The number of allylic oxidation sites excluding steroid dienone is 1. The Morgan fingerprint density at radius 1 is 1.37 bits per heavy atom. The van der Waals surface area contributed by atoms with Gasteiger partial charge in [-0.25, -0.2) is 15.5 Å². The van der Waals surface area contributed by atoms with Crippen LogP contribution in [-0.4, -0.2) is 32.7 Å². The Morgan fingerprint density at radius 3 is 2.53 bits per heavy atom. The van der Waals surface area contributed by atoms with Gasteiger partial charge in [0.15, 0.2) is 5.03 Å². The van der Waals surface area contributed by atoms with Gasteiger partial charge < -0.3 is 11.5 Å². The summed E-state index contributed by atoms with van der Waals surface area (Å²) in [5.41, 5.74) is 18.8. The van der Waals surface area contributed by atoms with Crippen molar-refractivity contribution >= 4 is 11.9 Å². The van der Waals surface area contributed by atoms with Gasteiger partial charge >= 0.3 is 0 Å². The molecule has 0 spiro atoms. The van der Waals surface area contributed by atoms with Crippen LogP contribution in [0.2, 0.25) is 0 Å². The Morgan fingerprint density at radius 2 is 2.00 bits per heavy atom. The fourth-order valence-electron chi connectivity index (χ4n) is 0.625. The zero-order chi connectivity index (χ0) is 14.8. The van der Waals surface area contributed by atoms with Crippen LogP contribution in [0.4, 0.5) is 0 Å². The van der Waals surface area contributed by atoms with E-state index in [1.165, 1.54) is 6.20 Å². The third-order valence-corrected chi connectivity index (χ3v) is 1.24. The van der Waals surface area contributed by atoms with Gasteiger partial charge in [0, 0.05) is 17.2 Å². The van der Waals surface area contributed by atoms with E-state index in [-0.39, 0.29) is 11.3 Å². The maximum atomic E-state index is 9.97. The average molecular weight is 278 g/mol. The van der Waals surface area contributed by atoms with Crippen molar-refractivity contribution in [3.63, 3.8) is 0 Å². The number of hydrogen-bond acceptors (Lipinski definition) is 9. The van der Waals surface area contributed by atoms with Crippen molar-refractivity contribution in [2.45, 2.75) is 6.92 Å². The van der Waals surface area contributed by atoms with Gasteiger partial charge in [0.1, 0.15) is 0 Å². The highest BCUT2D eigenvalue weighted by Gasteiger charge is 1.97. The Labute approximate surface area is 106 Å². The lowest BCUT2D eigenvalue weighted by Crippen LogP contribution is -2.43. The zero-order valence-corrected chi connectivity index (χ0v) is 9.73. The number of hydrazine groups is 2. The predicted molar refractivity (Wildman–Crippen MR) is 62.0 cm³/mol. The Balaban J connectivity index is 4.18. The monoisotopic (exact) mass is 278 g/mol. The molecule has 0 aliphatic rings. The first kappa shape index (κ1) is 16.2. The SMILES string of the molecule is CC(=CNN=C(N)N[N+](=O)[O-])NN=C(N)NN(O)O. The molecule has 0 amide bonds.